The standard InChI is InChI=1S/C14H20F3N3O4S2/c1-3-10(21)19-12-18-9(2)11(25-12)26(22,23)20-13(8-14(15,16)17)4-6-24-7-5-13/h20H,3-8H2,1-2H3,(H,18,19,21). The molecule has 0 atom stereocenters. The summed E-state index contributed by atoms with van der Waals surface area (Å²) in [5.74, 6) is -0.339. The molecule has 1 amide bonds. The molecule has 1 aliphatic rings. The molecule has 148 valence electrons. The van der Waals surface area contributed by atoms with Gasteiger partial charge in [0, 0.05) is 25.2 Å². The number of rotatable bonds is 6. The number of nitrogens with zero attached hydrogens (tertiary/aromatic N) is 1. The van der Waals surface area contributed by atoms with Gasteiger partial charge in [-0.25, -0.2) is 18.1 Å². The zero-order valence-corrected chi connectivity index (χ0v) is 15.9. The molecule has 2 rings (SSSR count). The third-order valence-corrected chi connectivity index (χ3v) is 7.17. The summed E-state index contributed by atoms with van der Waals surface area (Å²) in [5, 5.41) is 2.54. The third kappa shape index (κ3) is 5.38. The van der Waals surface area contributed by atoms with Crippen LogP contribution in [0.5, 0.6) is 0 Å². The maximum absolute atomic E-state index is 13.0. The van der Waals surface area contributed by atoms with E-state index in [0.717, 1.165) is 0 Å². The van der Waals surface area contributed by atoms with Crippen molar-refractivity contribution in [1.29, 1.82) is 0 Å². The SMILES string of the molecule is CCC(=O)Nc1nc(C)c(S(=O)(=O)NC2(CC(F)(F)F)CCOCC2)s1. The van der Waals surface area contributed by atoms with Crippen molar-refractivity contribution in [3.63, 3.8) is 0 Å². The number of carbonyl (C=O) groups is 1. The van der Waals surface area contributed by atoms with Crippen molar-refractivity contribution in [2.75, 3.05) is 18.5 Å². The lowest BCUT2D eigenvalue weighted by atomic mass is 9.87. The molecule has 26 heavy (non-hydrogen) atoms. The summed E-state index contributed by atoms with van der Waals surface area (Å²) in [7, 11) is -4.24. The number of thiazole rings is 1. The molecular formula is C14H20F3N3O4S2. The molecule has 0 unspecified atom stereocenters. The number of amides is 1. The molecule has 0 spiro atoms. The lowest BCUT2D eigenvalue weighted by Crippen LogP contribution is -2.54. The summed E-state index contributed by atoms with van der Waals surface area (Å²) in [6, 6.07) is 0. The zero-order chi connectivity index (χ0) is 19.6. The fourth-order valence-corrected chi connectivity index (χ4v) is 5.58. The number of anilines is 1. The molecule has 2 heterocycles. The number of ether oxygens (including phenoxy) is 1. The summed E-state index contributed by atoms with van der Waals surface area (Å²) in [4.78, 5) is 15.4. The molecule has 1 saturated heterocycles. The first-order valence-electron chi connectivity index (χ1n) is 7.92. The predicted octanol–water partition coefficient (Wildman–Crippen LogP) is 2.58. The molecule has 0 bridgehead atoms. The van der Waals surface area contributed by atoms with E-state index in [0.29, 0.717) is 11.3 Å². The molecule has 2 N–H and O–H groups in total. The van der Waals surface area contributed by atoms with Crippen LogP contribution in [0.15, 0.2) is 4.21 Å². The largest absolute Gasteiger partial charge is 0.390 e. The van der Waals surface area contributed by atoms with E-state index < -0.39 is 28.2 Å². The highest BCUT2D eigenvalue weighted by atomic mass is 32.2. The fraction of sp³-hybridized carbons (Fsp3) is 0.714. The quantitative estimate of drug-likeness (QED) is 0.744. The molecule has 1 aliphatic heterocycles. The Kier molecular flexibility index (Phi) is 6.31. The minimum Gasteiger partial charge on any atom is -0.381 e. The van der Waals surface area contributed by atoms with E-state index in [-0.39, 0.29) is 53.4 Å². The van der Waals surface area contributed by atoms with Crippen LogP contribution >= 0.6 is 11.3 Å². The van der Waals surface area contributed by atoms with E-state index in [4.69, 9.17) is 4.74 Å². The number of hydrogen-bond donors (Lipinski definition) is 2. The van der Waals surface area contributed by atoms with Crippen molar-refractivity contribution in [2.24, 2.45) is 0 Å². The molecule has 12 heteroatoms. The second-order valence-electron chi connectivity index (χ2n) is 6.08. The minimum atomic E-state index is -4.52. The molecular weight excluding hydrogens is 395 g/mol. The Morgan fingerprint density at radius 3 is 2.50 bits per heavy atom. The van der Waals surface area contributed by atoms with Crippen LogP contribution in [0.3, 0.4) is 0 Å². The summed E-state index contributed by atoms with van der Waals surface area (Å²) < 4.78 is 71.5. The number of halogens is 3. The Bertz CT molecular complexity index is 756. The third-order valence-electron chi connectivity index (χ3n) is 3.91. The Balaban J connectivity index is 2.29. The van der Waals surface area contributed by atoms with Crippen LogP contribution in [0.25, 0.3) is 0 Å². The minimum absolute atomic E-state index is 0.0398. The van der Waals surface area contributed by atoms with Gasteiger partial charge in [-0.1, -0.05) is 18.3 Å². The van der Waals surface area contributed by atoms with Crippen LogP contribution in [0, 0.1) is 6.92 Å². The topological polar surface area (TPSA) is 97.4 Å². The van der Waals surface area contributed by atoms with Gasteiger partial charge in [0.05, 0.1) is 12.1 Å². The van der Waals surface area contributed by atoms with Gasteiger partial charge in [-0.05, 0) is 19.8 Å². The lowest BCUT2D eigenvalue weighted by Gasteiger charge is -2.37. The van der Waals surface area contributed by atoms with Gasteiger partial charge in [-0.3, -0.25) is 4.79 Å². The van der Waals surface area contributed by atoms with Crippen molar-refractivity contribution in [2.45, 2.75) is 55.5 Å². The zero-order valence-electron chi connectivity index (χ0n) is 14.3. The number of aromatic nitrogens is 1. The predicted molar refractivity (Wildman–Crippen MR) is 89.5 cm³/mol. The monoisotopic (exact) mass is 415 g/mol. The summed E-state index contributed by atoms with van der Waals surface area (Å²) in [6.07, 6.45) is -5.78. The molecule has 1 aromatic rings. The van der Waals surface area contributed by atoms with E-state index in [1.807, 2.05) is 0 Å². The maximum Gasteiger partial charge on any atom is 0.390 e. The number of carbonyl (C=O) groups excluding carboxylic acids is 1. The van der Waals surface area contributed by atoms with Gasteiger partial charge >= 0.3 is 6.18 Å². The van der Waals surface area contributed by atoms with Gasteiger partial charge in [0.1, 0.15) is 0 Å². The molecule has 0 aromatic carbocycles. The van der Waals surface area contributed by atoms with Crippen LogP contribution in [0.2, 0.25) is 0 Å². The average molecular weight is 415 g/mol. The highest BCUT2D eigenvalue weighted by Gasteiger charge is 2.46. The van der Waals surface area contributed by atoms with Crippen LogP contribution < -0.4 is 10.0 Å². The van der Waals surface area contributed by atoms with E-state index in [2.05, 4.69) is 15.0 Å². The van der Waals surface area contributed by atoms with Crippen LogP contribution in [0.1, 0.15) is 38.3 Å². The fourth-order valence-electron chi connectivity index (χ4n) is 2.69. The number of sulfonamides is 1. The molecule has 0 radical (unpaired) electrons. The van der Waals surface area contributed by atoms with Crippen molar-refractivity contribution >= 4 is 32.4 Å². The molecule has 0 aliphatic carbocycles. The van der Waals surface area contributed by atoms with Gasteiger partial charge in [0.25, 0.3) is 10.0 Å². The number of alkyl halides is 3. The van der Waals surface area contributed by atoms with Gasteiger partial charge in [0.2, 0.25) is 5.91 Å². The normalized spacial score (nSPS) is 17.9. The van der Waals surface area contributed by atoms with Crippen LogP contribution in [-0.4, -0.2) is 44.2 Å². The Morgan fingerprint density at radius 2 is 1.96 bits per heavy atom. The first-order valence-corrected chi connectivity index (χ1v) is 10.2. The van der Waals surface area contributed by atoms with Crippen LogP contribution in [0.4, 0.5) is 18.3 Å². The van der Waals surface area contributed by atoms with Crippen molar-refractivity contribution in [3.05, 3.63) is 5.69 Å². The van der Waals surface area contributed by atoms with Crippen molar-refractivity contribution < 1.29 is 31.1 Å². The molecule has 1 fully saturated rings. The van der Waals surface area contributed by atoms with E-state index in [1.54, 1.807) is 6.92 Å². The Labute approximate surface area is 153 Å². The number of nitrogens with one attached hydrogen (secondary N) is 2. The van der Waals surface area contributed by atoms with Gasteiger partial charge in [0.15, 0.2) is 9.34 Å². The number of aryl methyl sites for hydroxylation is 1. The molecule has 1 aromatic heterocycles. The molecule has 7 nitrogen and oxygen atoms in total. The smallest absolute Gasteiger partial charge is 0.381 e. The highest BCUT2D eigenvalue weighted by Crippen LogP contribution is 2.36. The van der Waals surface area contributed by atoms with E-state index in [9.17, 15) is 26.4 Å². The van der Waals surface area contributed by atoms with Gasteiger partial charge in [-0.2, -0.15) is 13.2 Å². The van der Waals surface area contributed by atoms with E-state index >= 15 is 0 Å². The first-order chi connectivity index (χ1) is 12.0. The Hall–Kier alpha value is -1.24. The van der Waals surface area contributed by atoms with Crippen molar-refractivity contribution in [1.82, 2.24) is 9.71 Å². The van der Waals surface area contributed by atoms with Gasteiger partial charge < -0.3 is 10.1 Å². The van der Waals surface area contributed by atoms with Crippen LogP contribution in [-0.2, 0) is 19.6 Å². The van der Waals surface area contributed by atoms with Crippen molar-refractivity contribution in [3.8, 4) is 0 Å². The average Bonchev–Trinajstić information content (AvgIpc) is 2.86. The lowest BCUT2D eigenvalue weighted by molar-refractivity contribution is -0.155. The first kappa shape index (κ1) is 21.1. The second kappa shape index (κ2) is 7.79. The van der Waals surface area contributed by atoms with E-state index in [1.165, 1.54) is 6.92 Å². The summed E-state index contributed by atoms with van der Waals surface area (Å²) in [5.41, 5.74) is -1.54. The van der Waals surface area contributed by atoms with Gasteiger partial charge in [-0.15, -0.1) is 0 Å². The second-order valence-corrected chi connectivity index (χ2v) is 8.96. The summed E-state index contributed by atoms with van der Waals surface area (Å²) in [6.45, 7) is 3.13. The number of hydrogen-bond acceptors (Lipinski definition) is 6. The molecule has 0 saturated carbocycles. The summed E-state index contributed by atoms with van der Waals surface area (Å²) >= 11 is 0.709. The Morgan fingerprint density at radius 1 is 1.35 bits per heavy atom. The maximum atomic E-state index is 13.0. The highest BCUT2D eigenvalue weighted by molar-refractivity contribution is 7.91.